The smallest absolute Gasteiger partial charge is 0.259 e. The SMILES string of the molecule is O=C(Nc1ccc(Br)nc1)c1ccncc1O. The van der Waals surface area contributed by atoms with Gasteiger partial charge in [-0.2, -0.15) is 0 Å². The number of carbonyl (C=O) groups excluding carboxylic acids is 1. The summed E-state index contributed by atoms with van der Waals surface area (Å²) in [5.74, 6) is -0.566. The van der Waals surface area contributed by atoms with Crippen LogP contribution in [-0.4, -0.2) is 21.0 Å². The highest BCUT2D eigenvalue weighted by molar-refractivity contribution is 9.10. The molecule has 86 valence electrons. The van der Waals surface area contributed by atoms with Gasteiger partial charge >= 0.3 is 0 Å². The van der Waals surface area contributed by atoms with Crippen molar-refractivity contribution in [3.8, 4) is 5.75 Å². The van der Waals surface area contributed by atoms with Crippen molar-refractivity contribution in [3.63, 3.8) is 0 Å². The maximum Gasteiger partial charge on any atom is 0.259 e. The molecule has 0 fully saturated rings. The van der Waals surface area contributed by atoms with Gasteiger partial charge in [0.2, 0.25) is 0 Å². The molecular weight excluding hydrogens is 286 g/mol. The molecule has 0 saturated heterocycles. The molecule has 0 unspecified atom stereocenters. The fraction of sp³-hybridized carbons (Fsp3) is 0. The quantitative estimate of drug-likeness (QED) is 0.833. The van der Waals surface area contributed by atoms with E-state index >= 15 is 0 Å². The molecule has 17 heavy (non-hydrogen) atoms. The van der Waals surface area contributed by atoms with Crippen molar-refractivity contribution < 1.29 is 9.90 Å². The zero-order valence-corrected chi connectivity index (χ0v) is 10.2. The minimum atomic E-state index is -0.408. The van der Waals surface area contributed by atoms with Crippen LogP contribution >= 0.6 is 15.9 Å². The number of aromatic nitrogens is 2. The third-order valence-electron chi connectivity index (χ3n) is 2.03. The zero-order valence-electron chi connectivity index (χ0n) is 8.59. The van der Waals surface area contributed by atoms with Gasteiger partial charge in [0.15, 0.2) is 0 Å². The number of nitrogens with zero attached hydrogens (tertiary/aromatic N) is 2. The summed E-state index contributed by atoms with van der Waals surface area (Å²) in [6, 6.07) is 4.85. The number of halogens is 1. The Morgan fingerprint density at radius 2 is 2.12 bits per heavy atom. The minimum Gasteiger partial charge on any atom is -0.505 e. The Morgan fingerprint density at radius 1 is 1.29 bits per heavy atom. The minimum absolute atomic E-state index is 0.157. The van der Waals surface area contributed by atoms with Gasteiger partial charge in [-0.15, -0.1) is 0 Å². The van der Waals surface area contributed by atoms with Crippen molar-refractivity contribution >= 4 is 27.5 Å². The molecule has 2 N–H and O–H groups in total. The Bertz CT molecular complexity index is 543. The monoisotopic (exact) mass is 293 g/mol. The number of hydrogen-bond donors (Lipinski definition) is 2. The van der Waals surface area contributed by atoms with Gasteiger partial charge in [-0.3, -0.25) is 9.78 Å². The fourth-order valence-electron chi connectivity index (χ4n) is 1.23. The molecule has 0 aliphatic carbocycles. The summed E-state index contributed by atoms with van der Waals surface area (Å²) in [5, 5.41) is 12.1. The molecule has 2 rings (SSSR count). The second-order valence-corrected chi connectivity index (χ2v) is 4.03. The van der Waals surface area contributed by atoms with Crippen LogP contribution in [0.1, 0.15) is 10.4 Å². The van der Waals surface area contributed by atoms with Crippen LogP contribution in [0.25, 0.3) is 0 Å². The van der Waals surface area contributed by atoms with E-state index in [0.717, 1.165) is 0 Å². The number of pyridine rings is 2. The maximum atomic E-state index is 11.8. The lowest BCUT2D eigenvalue weighted by atomic mass is 10.2. The molecule has 2 aromatic heterocycles. The van der Waals surface area contributed by atoms with Gasteiger partial charge < -0.3 is 10.4 Å². The second kappa shape index (κ2) is 4.92. The van der Waals surface area contributed by atoms with Gasteiger partial charge in [0.1, 0.15) is 10.4 Å². The summed E-state index contributed by atoms with van der Waals surface area (Å²) < 4.78 is 0.683. The average Bonchev–Trinajstić information content (AvgIpc) is 2.32. The second-order valence-electron chi connectivity index (χ2n) is 3.22. The van der Waals surface area contributed by atoms with Gasteiger partial charge in [0.25, 0.3) is 5.91 Å². The van der Waals surface area contributed by atoms with Crippen LogP contribution in [0.2, 0.25) is 0 Å². The Labute approximate surface area is 106 Å². The molecule has 0 bridgehead atoms. The Hall–Kier alpha value is -1.95. The molecule has 2 aromatic rings. The van der Waals surface area contributed by atoms with Crippen molar-refractivity contribution in [1.82, 2.24) is 9.97 Å². The van der Waals surface area contributed by atoms with Gasteiger partial charge in [-0.25, -0.2) is 4.98 Å². The lowest BCUT2D eigenvalue weighted by Crippen LogP contribution is -2.12. The van der Waals surface area contributed by atoms with Crippen LogP contribution in [0, 0.1) is 0 Å². The van der Waals surface area contributed by atoms with Crippen LogP contribution in [-0.2, 0) is 0 Å². The number of rotatable bonds is 2. The Morgan fingerprint density at radius 3 is 2.76 bits per heavy atom. The molecule has 0 aliphatic rings. The fourth-order valence-corrected chi connectivity index (χ4v) is 1.46. The van der Waals surface area contributed by atoms with E-state index in [0.29, 0.717) is 10.3 Å². The van der Waals surface area contributed by atoms with Gasteiger partial charge in [-0.05, 0) is 34.1 Å². The molecule has 0 spiro atoms. The zero-order chi connectivity index (χ0) is 12.3. The first kappa shape index (κ1) is 11.5. The third kappa shape index (κ3) is 2.79. The van der Waals surface area contributed by atoms with E-state index in [9.17, 15) is 9.90 Å². The molecule has 0 radical (unpaired) electrons. The lowest BCUT2D eigenvalue weighted by Gasteiger charge is -2.05. The van der Waals surface area contributed by atoms with Crippen molar-refractivity contribution in [2.24, 2.45) is 0 Å². The number of nitrogens with one attached hydrogen (secondary N) is 1. The third-order valence-corrected chi connectivity index (χ3v) is 2.50. The van der Waals surface area contributed by atoms with Gasteiger partial charge in [0, 0.05) is 6.20 Å². The van der Waals surface area contributed by atoms with Crippen molar-refractivity contribution in [2.75, 3.05) is 5.32 Å². The van der Waals surface area contributed by atoms with E-state index < -0.39 is 5.91 Å². The van der Waals surface area contributed by atoms with Gasteiger partial charge in [-0.1, -0.05) is 0 Å². The van der Waals surface area contributed by atoms with E-state index in [2.05, 4.69) is 31.2 Å². The van der Waals surface area contributed by atoms with Crippen LogP contribution < -0.4 is 5.32 Å². The van der Waals surface area contributed by atoms with E-state index in [4.69, 9.17) is 0 Å². The summed E-state index contributed by atoms with van der Waals surface area (Å²) in [5.41, 5.74) is 0.720. The highest BCUT2D eigenvalue weighted by Gasteiger charge is 2.10. The number of hydrogen-bond acceptors (Lipinski definition) is 4. The van der Waals surface area contributed by atoms with E-state index in [1.165, 1.54) is 24.7 Å². The largest absolute Gasteiger partial charge is 0.505 e. The maximum absolute atomic E-state index is 11.8. The summed E-state index contributed by atoms with van der Waals surface area (Å²) in [6.45, 7) is 0. The molecule has 1 amide bonds. The molecule has 5 nitrogen and oxygen atoms in total. The summed E-state index contributed by atoms with van der Waals surface area (Å²) in [4.78, 5) is 19.5. The Balaban J connectivity index is 2.17. The highest BCUT2D eigenvalue weighted by atomic mass is 79.9. The topological polar surface area (TPSA) is 75.1 Å². The number of amides is 1. The molecular formula is C11H8BrN3O2. The van der Waals surface area contributed by atoms with Gasteiger partial charge in [0.05, 0.1) is 23.6 Å². The van der Waals surface area contributed by atoms with Crippen LogP contribution in [0.4, 0.5) is 5.69 Å². The standard InChI is InChI=1S/C11H8BrN3O2/c12-10-2-1-7(5-14-10)15-11(17)8-3-4-13-6-9(8)16/h1-6,16H,(H,15,17). The van der Waals surface area contributed by atoms with Crippen LogP contribution in [0.15, 0.2) is 41.4 Å². The van der Waals surface area contributed by atoms with Crippen LogP contribution in [0.5, 0.6) is 5.75 Å². The van der Waals surface area contributed by atoms with Crippen molar-refractivity contribution in [1.29, 1.82) is 0 Å². The predicted octanol–water partition coefficient (Wildman–Crippen LogP) is 2.20. The molecule has 0 atom stereocenters. The van der Waals surface area contributed by atoms with Crippen molar-refractivity contribution in [3.05, 3.63) is 47.0 Å². The number of carbonyl (C=O) groups is 1. The Kier molecular flexibility index (Phi) is 3.34. The highest BCUT2D eigenvalue weighted by Crippen LogP contribution is 2.16. The number of anilines is 1. The van der Waals surface area contributed by atoms with E-state index in [1.807, 2.05) is 0 Å². The molecule has 0 saturated carbocycles. The molecule has 0 aromatic carbocycles. The first-order valence-electron chi connectivity index (χ1n) is 4.72. The summed E-state index contributed by atoms with van der Waals surface area (Å²) in [7, 11) is 0. The summed E-state index contributed by atoms with van der Waals surface area (Å²) >= 11 is 3.20. The van der Waals surface area contributed by atoms with E-state index in [-0.39, 0.29) is 11.3 Å². The average molecular weight is 294 g/mol. The summed E-state index contributed by atoms with van der Waals surface area (Å²) in [6.07, 6.45) is 4.17. The van der Waals surface area contributed by atoms with E-state index in [1.54, 1.807) is 12.1 Å². The lowest BCUT2D eigenvalue weighted by molar-refractivity contribution is 0.102. The van der Waals surface area contributed by atoms with Crippen LogP contribution in [0.3, 0.4) is 0 Å². The normalized spacial score (nSPS) is 9.94. The molecule has 0 aliphatic heterocycles. The first-order chi connectivity index (χ1) is 8.16. The molecule has 6 heteroatoms. The van der Waals surface area contributed by atoms with Crippen molar-refractivity contribution in [2.45, 2.75) is 0 Å². The first-order valence-corrected chi connectivity index (χ1v) is 5.52. The predicted molar refractivity (Wildman–Crippen MR) is 65.8 cm³/mol. The molecule has 2 heterocycles. The number of aromatic hydroxyl groups is 1.